The second-order valence-corrected chi connectivity index (χ2v) is 5.52. The monoisotopic (exact) mass is 283 g/mol. The van der Waals surface area contributed by atoms with Gasteiger partial charge in [-0.1, -0.05) is 38.1 Å². The topological polar surface area (TPSA) is 28.2 Å². The fourth-order valence-corrected chi connectivity index (χ4v) is 2.39. The number of likely N-dealkylation sites (N-methyl/N-ethyl adjacent to an activating group) is 1. The Morgan fingerprint density at radius 2 is 2.10 bits per heavy atom. The van der Waals surface area contributed by atoms with E-state index in [9.17, 15) is 0 Å². The minimum Gasteiger partial charge on any atom is -0.353 e. The van der Waals surface area contributed by atoms with Crippen molar-refractivity contribution in [2.24, 2.45) is 0 Å². The summed E-state index contributed by atoms with van der Waals surface area (Å²) in [6.07, 6.45) is 1.92. The minimum absolute atomic E-state index is 0.468. The molecule has 0 amide bonds. The summed E-state index contributed by atoms with van der Waals surface area (Å²) in [4.78, 5) is 7.04. The molecule has 1 N–H and O–H groups in total. The summed E-state index contributed by atoms with van der Waals surface area (Å²) in [7, 11) is 0. The molecule has 0 atom stereocenters. The van der Waals surface area contributed by atoms with E-state index in [-0.39, 0.29) is 0 Å². The molecule has 1 heterocycles. The Morgan fingerprint density at radius 3 is 2.76 bits per heavy atom. The van der Waals surface area contributed by atoms with E-state index >= 15 is 0 Å². The van der Waals surface area contributed by atoms with Gasteiger partial charge in [0.1, 0.15) is 5.82 Å². The highest BCUT2D eigenvalue weighted by Crippen LogP contribution is 2.23. The molecule has 2 aromatic rings. The van der Waals surface area contributed by atoms with Crippen molar-refractivity contribution in [3.05, 3.63) is 48.6 Å². The predicted molar refractivity (Wildman–Crippen MR) is 91.8 cm³/mol. The SMILES string of the molecule is C=CCN(CC)c1cc(CNC(C)C)c2ccccc2n1. The van der Waals surface area contributed by atoms with Crippen LogP contribution >= 0.6 is 0 Å². The quantitative estimate of drug-likeness (QED) is 0.785. The van der Waals surface area contributed by atoms with Gasteiger partial charge in [0.25, 0.3) is 0 Å². The molecule has 0 aliphatic heterocycles. The van der Waals surface area contributed by atoms with Crippen LogP contribution in [0.15, 0.2) is 43.0 Å². The van der Waals surface area contributed by atoms with E-state index in [0.717, 1.165) is 31.0 Å². The molecule has 112 valence electrons. The van der Waals surface area contributed by atoms with E-state index in [1.54, 1.807) is 0 Å². The van der Waals surface area contributed by atoms with Gasteiger partial charge in [0.15, 0.2) is 0 Å². The molecule has 0 fully saturated rings. The molecule has 0 saturated heterocycles. The van der Waals surface area contributed by atoms with Gasteiger partial charge in [0, 0.05) is 31.1 Å². The van der Waals surface area contributed by atoms with E-state index < -0.39 is 0 Å². The van der Waals surface area contributed by atoms with E-state index in [1.165, 1.54) is 10.9 Å². The molecule has 1 aromatic carbocycles. The maximum absolute atomic E-state index is 4.80. The molecule has 1 aromatic heterocycles. The summed E-state index contributed by atoms with van der Waals surface area (Å²) in [6.45, 7) is 12.9. The average Bonchev–Trinajstić information content (AvgIpc) is 2.49. The van der Waals surface area contributed by atoms with Gasteiger partial charge in [-0.15, -0.1) is 6.58 Å². The summed E-state index contributed by atoms with van der Waals surface area (Å²) in [5, 5.41) is 4.73. The number of anilines is 1. The third-order valence-electron chi connectivity index (χ3n) is 3.54. The van der Waals surface area contributed by atoms with Crippen LogP contribution in [0.25, 0.3) is 10.9 Å². The molecule has 0 aliphatic carbocycles. The number of hydrogen-bond donors (Lipinski definition) is 1. The van der Waals surface area contributed by atoms with Crippen molar-refractivity contribution >= 4 is 16.7 Å². The number of benzene rings is 1. The summed E-state index contributed by atoms with van der Waals surface area (Å²) >= 11 is 0. The Kier molecular flexibility index (Phi) is 5.34. The Morgan fingerprint density at radius 1 is 1.33 bits per heavy atom. The van der Waals surface area contributed by atoms with Crippen LogP contribution in [-0.2, 0) is 6.54 Å². The van der Waals surface area contributed by atoms with E-state index in [1.807, 2.05) is 12.1 Å². The lowest BCUT2D eigenvalue weighted by atomic mass is 10.1. The van der Waals surface area contributed by atoms with Gasteiger partial charge in [-0.05, 0) is 24.6 Å². The molecule has 0 saturated carbocycles. The van der Waals surface area contributed by atoms with Gasteiger partial charge in [-0.25, -0.2) is 4.98 Å². The second-order valence-electron chi connectivity index (χ2n) is 5.52. The molecule has 0 bridgehead atoms. The number of fused-ring (bicyclic) bond motifs is 1. The van der Waals surface area contributed by atoms with Crippen molar-refractivity contribution in [1.29, 1.82) is 0 Å². The maximum atomic E-state index is 4.80. The van der Waals surface area contributed by atoms with Crippen LogP contribution < -0.4 is 10.2 Å². The van der Waals surface area contributed by atoms with Crippen molar-refractivity contribution in [3.63, 3.8) is 0 Å². The zero-order chi connectivity index (χ0) is 15.2. The zero-order valence-electron chi connectivity index (χ0n) is 13.3. The van der Waals surface area contributed by atoms with Gasteiger partial charge in [0.2, 0.25) is 0 Å². The highest BCUT2D eigenvalue weighted by Gasteiger charge is 2.10. The number of hydrogen-bond acceptors (Lipinski definition) is 3. The van der Waals surface area contributed by atoms with Crippen molar-refractivity contribution in [3.8, 4) is 0 Å². The highest BCUT2D eigenvalue weighted by molar-refractivity contribution is 5.84. The smallest absolute Gasteiger partial charge is 0.129 e. The second kappa shape index (κ2) is 7.23. The standard InChI is InChI=1S/C18H25N3/c1-5-11-21(6-2)18-12-15(13-19-14(3)4)16-9-7-8-10-17(16)20-18/h5,7-10,12,14,19H,1,6,11,13H2,2-4H3. The number of aromatic nitrogens is 1. The first-order valence-electron chi connectivity index (χ1n) is 7.63. The number of pyridine rings is 1. The first kappa shape index (κ1) is 15.5. The molecule has 3 nitrogen and oxygen atoms in total. The van der Waals surface area contributed by atoms with Gasteiger partial charge < -0.3 is 10.2 Å². The van der Waals surface area contributed by atoms with Crippen molar-refractivity contribution in [1.82, 2.24) is 10.3 Å². The Balaban J connectivity index is 2.45. The van der Waals surface area contributed by atoms with Crippen LogP contribution in [0.5, 0.6) is 0 Å². The van der Waals surface area contributed by atoms with Crippen LogP contribution in [0.1, 0.15) is 26.3 Å². The van der Waals surface area contributed by atoms with Crippen molar-refractivity contribution < 1.29 is 0 Å². The Labute approximate surface area is 127 Å². The van der Waals surface area contributed by atoms with Crippen LogP contribution in [0, 0.1) is 0 Å². The molecule has 0 unspecified atom stereocenters. The lowest BCUT2D eigenvalue weighted by Crippen LogP contribution is -2.25. The van der Waals surface area contributed by atoms with Gasteiger partial charge >= 0.3 is 0 Å². The highest BCUT2D eigenvalue weighted by atomic mass is 15.2. The van der Waals surface area contributed by atoms with Gasteiger partial charge in [0.05, 0.1) is 5.52 Å². The molecular weight excluding hydrogens is 258 g/mol. The third-order valence-corrected chi connectivity index (χ3v) is 3.54. The Bertz CT molecular complexity index is 604. The van der Waals surface area contributed by atoms with Crippen molar-refractivity contribution in [2.45, 2.75) is 33.4 Å². The molecule has 21 heavy (non-hydrogen) atoms. The third kappa shape index (κ3) is 3.82. The Hall–Kier alpha value is -1.87. The maximum Gasteiger partial charge on any atom is 0.129 e. The number of nitrogens with zero attached hydrogens (tertiary/aromatic N) is 2. The molecule has 3 heteroatoms. The van der Waals surface area contributed by atoms with E-state index in [4.69, 9.17) is 4.98 Å². The first-order chi connectivity index (χ1) is 10.2. The van der Waals surface area contributed by atoms with Gasteiger partial charge in [-0.3, -0.25) is 0 Å². The van der Waals surface area contributed by atoms with Crippen LogP contribution in [0.4, 0.5) is 5.82 Å². The molecular formula is C18H25N3. The van der Waals surface area contributed by atoms with Crippen LogP contribution in [0.3, 0.4) is 0 Å². The van der Waals surface area contributed by atoms with Crippen LogP contribution in [0.2, 0.25) is 0 Å². The molecule has 0 spiro atoms. The lowest BCUT2D eigenvalue weighted by Gasteiger charge is -2.22. The summed E-state index contributed by atoms with van der Waals surface area (Å²) in [5.41, 5.74) is 2.35. The molecule has 0 radical (unpaired) electrons. The fourth-order valence-electron chi connectivity index (χ4n) is 2.39. The zero-order valence-corrected chi connectivity index (χ0v) is 13.3. The predicted octanol–water partition coefficient (Wildman–Crippen LogP) is 3.75. The van der Waals surface area contributed by atoms with E-state index in [0.29, 0.717) is 6.04 Å². The average molecular weight is 283 g/mol. The van der Waals surface area contributed by atoms with Gasteiger partial charge in [-0.2, -0.15) is 0 Å². The van der Waals surface area contributed by atoms with Crippen molar-refractivity contribution in [2.75, 3.05) is 18.0 Å². The van der Waals surface area contributed by atoms with Crippen LogP contribution in [-0.4, -0.2) is 24.1 Å². The number of nitrogens with one attached hydrogen (secondary N) is 1. The fraction of sp³-hybridized carbons (Fsp3) is 0.389. The number of rotatable bonds is 7. The first-order valence-corrected chi connectivity index (χ1v) is 7.63. The largest absolute Gasteiger partial charge is 0.353 e. The summed E-state index contributed by atoms with van der Waals surface area (Å²) < 4.78 is 0. The normalized spacial score (nSPS) is 11.0. The molecule has 0 aliphatic rings. The summed E-state index contributed by atoms with van der Waals surface area (Å²) in [6, 6.07) is 11.0. The van der Waals surface area contributed by atoms with E-state index in [2.05, 4.69) is 61.8 Å². The minimum atomic E-state index is 0.468. The number of para-hydroxylation sites is 1. The lowest BCUT2D eigenvalue weighted by molar-refractivity contribution is 0.590. The summed E-state index contributed by atoms with van der Waals surface area (Å²) in [5.74, 6) is 1.02. The molecule has 2 rings (SSSR count).